The number of aromatic nitrogens is 3. The Bertz CT molecular complexity index is 2260. The van der Waals surface area contributed by atoms with Crippen LogP contribution in [0.4, 0.5) is 0 Å². The largest absolute Gasteiger partial charge is 0.244 e. The molecule has 4 aromatic carbocycles. The van der Waals surface area contributed by atoms with Gasteiger partial charge in [0.25, 0.3) is 0 Å². The van der Waals surface area contributed by atoms with Gasteiger partial charge in [-0.25, -0.2) is 15.0 Å². The summed E-state index contributed by atoms with van der Waals surface area (Å²) in [6.07, 6.45) is 11.2. The fourth-order valence-electron chi connectivity index (χ4n) is 6.08. The molecule has 0 fully saturated rings. The highest BCUT2D eigenvalue weighted by molar-refractivity contribution is 7.25. The maximum absolute atomic E-state index is 5.32. The van der Waals surface area contributed by atoms with Crippen LogP contribution in [-0.4, -0.2) is 15.0 Å². The van der Waals surface area contributed by atoms with Crippen LogP contribution in [-0.2, 0) is 6.42 Å². The smallest absolute Gasteiger partial charge is 0.180 e. The van der Waals surface area contributed by atoms with Crippen molar-refractivity contribution in [3.63, 3.8) is 0 Å². The van der Waals surface area contributed by atoms with Crippen molar-refractivity contribution in [2.75, 3.05) is 0 Å². The predicted molar refractivity (Wildman–Crippen MR) is 187 cm³/mol. The van der Waals surface area contributed by atoms with Crippen molar-refractivity contribution in [2.24, 2.45) is 0 Å². The number of allylic oxidation sites excluding steroid dienone is 2. The van der Waals surface area contributed by atoms with Crippen LogP contribution in [0.25, 0.3) is 82.9 Å². The summed E-state index contributed by atoms with van der Waals surface area (Å²) in [6.45, 7) is 10.4. The van der Waals surface area contributed by atoms with Gasteiger partial charge >= 0.3 is 0 Å². The SMILES string of the molecule is C=Cc1nc(-c2nc(-c3ccccc3)c3ccc(CC)c(/C=C\C)c3n2)c2cc3c(cc2c1/C=C\C)sc1ccccc13. The summed E-state index contributed by atoms with van der Waals surface area (Å²) >= 11 is 1.82. The summed E-state index contributed by atoms with van der Waals surface area (Å²) in [5.41, 5.74) is 7.94. The standard InChI is InChI=1S/C39H31N3S/c1-5-14-26-24(7-3)20-21-29-36(25-16-10-9-11-17-25)41-39(42-37(26)29)38-32-22-31-28-18-12-13-19-34(28)43-35(31)23-30(32)27(15-6-2)33(8-4)40-38/h5-6,8-23H,4,7H2,1-3H3/b14-5-,15-6-. The van der Waals surface area contributed by atoms with Crippen LogP contribution in [0.2, 0.25) is 0 Å². The van der Waals surface area contributed by atoms with Gasteiger partial charge in [0.05, 0.1) is 16.9 Å². The number of fused-ring (bicyclic) bond motifs is 5. The van der Waals surface area contributed by atoms with Gasteiger partial charge < -0.3 is 0 Å². The van der Waals surface area contributed by atoms with E-state index < -0.39 is 0 Å². The second-order valence-corrected chi connectivity index (χ2v) is 11.7. The summed E-state index contributed by atoms with van der Waals surface area (Å²) in [6, 6.07) is 28.0. The van der Waals surface area contributed by atoms with E-state index in [2.05, 4.69) is 118 Å². The highest BCUT2D eigenvalue weighted by atomic mass is 32.1. The van der Waals surface area contributed by atoms with Gasteiger partial charge in [-0.2, -0.15) is 0 Å². The molecule has 0 saturated heterocycles. The van der Waals surface area contributed by atoms with Gasteiger partial charge in [0.1, 0.15) is 5.69 Å². The third-order valence-corrected chi connectivity index (χ3v) is 9.20. The van der Waals surface area contributed by atoms with Crippen LogP contribution >= 0.6 is 11.3 Å². The van der Waals surface area contributed by atoms with Crippen LogP contribution in [0.5, 0.6) is 0 Å². The van der Waals surface area contributed by atoms with Crippen molar-refractivity contribution in [3.8, 4) is 22.8 Å². The summed E-state index contributed by atoms with van der Waals surface area (Å²) in [5.74, 6) is 0.615. The Morgan fingerprint density at radius 3 is 2.21 bits per heavy atom. The highest BCUT2D eigenvalue weighted by Gasteiger charge is 2.20. The number of aryl methyl sites for hydroxylation is 1. The Balaban J connectivity index is 1.66. The molecule has 0 spiro atoms. The van der Waals surface area contributed by atoms with E-state index in [9.17, 15) is 0 Å². The maximum atomic E-state index is 5.32. The van der Waals surface area contributed by atoms with Crippen molar-refractivity contribution in [1.82, 2.24) is 15.0 Å². The van der Waals surface area contributed by atoms with Crippen LogP contribution in [0.15, 0.2) is 97.6 Å². The number of pyridine rings is 1. The minimum absolute atomic E-state index is 0.615. The van der Waals surface area contributed by atoms with Crippen molar-refractivity contribution in [2.45, 2.75) is 27.2 Å². The van der Waals surface area contributed by atoms with E-state index in [1.165, 1.54) is 25.7 Å². The van der Waals surface area contributed by atoms with Crippen molar-refractivity contribution in [1.29, 1.82) is 0 Å². The lowest BCUT2D eigenvalue weighted by Gasteiger charge is -2.16. The topological polar surface area (TPSA) is 38.7 Å². The average molecular weight is 574 g/mol. The van der Waals surface area contributed by atoms with Crippen molar-refractivity contribution in [3.05, 3.63) is 120 Å². The molecule has 0 unspecified atom stereocenters. The van der Waals surface area contributed by atoms with Gasteiger partial charge in [-0.1, -0.05) is 98.5 Å². The third kappa shape index (κ3) is 4.46. The van der Waals surface area contributed by atoms with Crippen LogP contribution in [0.1, 0.15) is 43.2 Å². The zero-order valence-electron chi connectivity index (χ0n) is 24.6. The van der Waals surface area contributed by atoms with E-state index in [0.717, 1.165) is 61.9 Å². The molecule has 43 heavy (non-hydrogen) atoms. The summed E-state index contributed by atoms with van der Waals surface area (Å²) in [7, 11) is 0. The summed E-state index contributed by atoms with van der Waals surface area (Å²) in [5, 5.41) is 5.67. The van der Waals surface area contributed by atoms with Gasteiger partial charge in [-0.3, -0.25) is 0 Å². The molecule has 0 aliphatic carbocycles. The molecule has 0 bridgehead atoms. The molecule has 0 N–H and O–H groups in total. The molecule has 0 aliphatic rings. The molecular weight excluding hydrogens is 543 g/mol. The second kappa shape index (κ2) is 11.0. The molecular formula is C39H31N3S. The van der Waals surface area contributed by atoms with Gasteiger partial charge in [-0.15, -0.1) is 11.3 Å². The molecule has 3 nitrogen and oxygen atoms in total. The lowest BCUT2D eigenvalue weighted by molar-refractivity contribution is 1.13. The predicted octanol–water partition coefficient (Wildman–Crippen LogP) is 11.2. The van der Waals surface area contributed by atoms with E-state index in [-0.39, 0.29) is 0 Å². The third-order valence-electron chi connectivity index (χ3n) is 8.07. The maximum Gasteiger partial charge on any atom is 0.180 e. The molecule has 3 aromatic heterocycles. The lowest BCUT2D eigenvalue weighted by Crippen LogP contribution is -2.02. The van der Waals surface area contributed by atoms with Gasteiger partial charge in [0, 0.05) is 47.6 Å². The normalized spacial score (nSPS) is 12.1. The number of rotatable bonds is 6. The molecule has 208 valence electrons. The molecule has 3 heterocycles. The molecule has 4 heteroatoms. The fraction of sp³-hybridized carbons (Fsp3) is 0.103. The minimum atomic E-state index is 0.615. The van der Waals surface area contributed by atoms with Crippen LogP contribution < -0.4 is 0 Å². The number of nitrogens with zero attached hydrogens (tertiary/aromatic N) is 3. The van der Waals surface area contributed by atoms with Crippen molar-refractivity contribution < 1.29 is 0 Å². The lowest BCUT2D eigenvalue weighted by atomic mass is 9.96. The highest BCUT2D eigenvalue weighted by Crippen LogP contribution is 2.41. The molecule has 7 aromatic rings. The number of thiophene rings is 1. The Labute approximate surface area is 255 Å². The van der Waals surface area contributed by atoms with Gasteiger partial charge in [-0.05, 0) is 55.5 Å². The Morgan fingerprint density at radius 2 is 1.44 bits per heavy atom. The van der Waals surface area contributed by atoms with E-state index in [0.29, 0.717) is 5.82 Å². The molecule has 0 radical (unpaired) electrons. The molecule has 0 atom stereocenters. The summed E-state index contributed by atoms with van der Waals surface area (Å²) in [4.78, 5) is 15.8. The van der Waals surface area contributed by atoms with Crippen LogP contribution in [0.3, 0.4) is 0 Å². The monoisotopic (exact) mass is 573 g/mol. The minimum Gasteiger partial charge on any atom is -0.244 e. The zero-order valence-corrected chi connectivity index (χ0v) is 25.4. The number of hydrogen-bond donors (Lipinski definition) is 0. The molecule has 0 aliphatic heterocycles. The average Bonchev–Trinajstić information content (AvgIpc) is 3.42. The first-order chi connectivity index (χ1) is 21.1. The Morgan fingerprint density at radius 1 is 0.674 bits per heavy atom. The first-order valence-corrected chi connectivity index (χ1v) is 15.5. The van der Waals surface area contributed by atoms with E-state index in [1.807, 2.05) is 30.4 Å². The van der Waals surface area contributed by atoms with E-state index >= 15 is 0 Å². The Hall–Kier alpha value is -4.93. The molecule has 7 rings (SSSR count). The summed E-state index contributed by atoms with van der Waals surface area (Å²) < 4.78 is 2.52. The fourth-order valence-corrected chi connectivity index (χ4v) is 7.21. The first-order valence-electron chi connectivity index (χ1n) is 14.7. The van der Waals surface area contributed by atoms with Gasteiger partial charge in [0.2, 0.25) is 0 Å². The van der Waals surface area contributed by atoms with Crippen LogP contribution in [0, 0.1) is 0 Å². The quantitative estimate of drug-likeness (QED) is 0.199. The van der Waals surface area contributed by atoms with E-state index in [1.54, 1.807) is 0 Å². The Kier molecular flexibility index (Phi) is 6.92. The zero-order chi connectivity index (χ0) is 29.5. The van der Waals surface area contributed by atoms with Gasteiger partial charge in [0.15, 0.2) is 5.82 Å². The molecule has 0 amide bonds. The number of benzene rings is 4. The second-order valence-electron chi connectivity index (χ2n) is 10.6. The van der Waals surface area contributed by atoms with E-state index in [4.69, 9.17) is 15.0 Å². The first kappa shape index (κ1) is 26.9. The molecule has 0 saturated carbocycles. The van der Waals surface area contributed by atoms with Crippen molar-refractivity contribution >= 4 is 71.4 Å². The number of hydrogen-bond acceptors (Lipinski definition) is 4.